The normalized spacial score (nSPS) is 10.8. The summed E-state index contributed by atoms with van der Waals surface area (Å²) in [6.07, 6.45) is 2.31. The zero-order valence-electron chi connectivity index (χ0n) is 19.7. The van der Waals surface area contributed by atoms with Crippen LogP contribution in [-0.4, -0.2) is 47.9 Å². The van der Waals surface area contributed by atoms with E-state index in [1.54, 1.807) is 46.4 Å². The largest absolute Gasteiger partial charge is 0.484 e. The van der Waals surface area contributed by atoms with Crippen LogP contribution in [0.5, 0.6) is 5.75 Å². The molecule has 7 heteroatoms. The van der Waals surface area contributed by atoms with E-state index in [9.17, 15) is 9.59 Å². The number of hydrogen-bond donors (Lipinski definition) is 0. The monoisotopic (exact) mass is 482 g/mol. The highest BCUT2D eigenvalue weighted by Gasteiger charge is 2.23. The molecule has 0 aliphatic heterocycles. The first-order valence-electron chi connectivity index (χ1n) is 11.4. The molecule has 0 saturated carbocycles. The third kappa shape index (κ3) is 8.27. The topological polar surface area (TPSA) is 63.0 Å². The van der Waals surface area contributed by atoms with Crippen molar-refractivity contribution in [1.82, 2.24) is 9.80 Å². The van der Waals surface area contributed by atoms with Crippen LogP contribution in [-0.2, 0) is 22.6 Å². The second kappa shape index (κ2) is 12.8. The summed E-state index contributed by atoms with van der Waals surface area (Å²) in [7, 11) is 0. The Hall–Kier alpha value is -3.25. The van der Waals surface area contributed by atoms with Gasteiger partial charge < -0.3 is 19.0 Å². The number of carbonyl (C=O) groups is 2. The van der Waals surface area contributed by atoms with Crippen LogP contribution in [0.25, 0.3) is 0 Å². The molecule has 0 radical (unpaired) electrons. The fourth-order valence-corrected chi connectivity index (χ4v) is 3.64. The molecule has 3 aromatic rings. The van der Waals surface area contributed by atoms with Crippen molar-refractivity contribution in [2.75, 3.05) is 26.2 Å². The molecule has 0 fully saturated rings. The molecule has 1 aromatic heterocycles. The molecule has 180 valence electrons. The maximum Gasteiger partial charge on any atom is 0.260 e. The molecule has 0 N–H and O–H groups in total. The van der Waals surface area contributed by atoms with E-state index in [0.717, 1.165) is 5.56 Å². The molecule has 1 heterocycles. The predicted molar refractivity (Wildman–Crippen MR) is 133 cm³/mol. The zero-order chi connectivity index (χ0) is 24.3. The van der Waals surface area contributed by atoms with Gasteiger partial charge in [0.2, 0.25) is 5.91 Å². The number of nitrogens with zero attached hydrogens (tertiary/aromatic N) is 2. The van der Waals surface area contributed by atoms with Gasteiger partial charge >= 0.3 is 0 Å². The third-order valence-electron chi connectivity index (χ3n) is 5.23. The lowest BCUT2D eigenvalue weighted by molar-refractivity contribution is -0.142. The number of amides is 2. The minimum absolute atomic E-state index is 0.0174. The molecule has 0 spiro atoms. The van der Waals surface area contributed by atoms with Gasteiger partial charge in [-0.15, -0.1) is 0 Å². The van der Waals surface area contributed by atoms with Crippen molar-refractivity contribution in [3.8, 4) is 5.75 Å². The van der Waals surface area contributed by atoms with Gasteiger partial charge in [0.15, 0.2) is 6.61 Å². The van der Waals surface area contributed by atoms with E-state index < -0.39 is 0 Å². The molecule has 0 bridgehead atoms. The summed E-state index contributed by atoms with van der Waals surface area (Å²) >= 11 is 5.90. The fourth-order valence-electron chi connectivity index (χ4n) is 3.52. The molecule has 0 aliphatic rings. The summed E-state index contributed by atoms with van der Waals surface area (Å²) in [6.45, 7) is 5.20. The lowest BCUT2D eigenvalue weighted by Crippen LogP contribution is -2.46. The third-order valence-corrected chi connectivity index (χ3v) is 5.49. The average molecular weight is 483 g/mol. The van der Waals surface area contributed by atoms with E-state index in [4.69, 9.17) is 20.8 Å². The highest BCUT2D eigenvalue weighted by Crippen LogP contribution is 2.16. The van der Waals surface area contributed by atoms with Crippen LogP contribution in [0.15, 0.2) is 77.4 Å². The van der Waals surface area contributed by atoms with Crippen molar-refractivity contribution in [2.24, 2.45) is 5.92 Å². The maximum atomic E-state index is 13.3. The van der Waals surface area contributed by atoms with Gasteiger partial charge in [0, 0.05) is 18.1 Å². The molecule has 0 aliphatic carbocycles. The van der Waals surface area contributed by atoms with Crippen LogP contribution in [0.4, 0.5) is 0 Å². The SMILES string of the molecule is CC(C)CN(CC(=O)N(CCc1ccccc1)Cc1ccco1)C(=O)COc1ccc(Cl)cc1. The van der Waals surface area contributed by atoms with Crippen molar-refractivity contribution < 1.29 is 18.7 Å². The predicted octanol–water partition coefficient (Wildman–Crippen LogP) is 5.07. The number of carbonyl (C=O) groups excluding carboxylic acids is 2. The number of rotatable bonds is 12. The number of benzene rings is 2. The Morgan fingerprint density at radius 3 is 2.32 bits per heavy atom. The number of hydrogen-bond acceptors (Lipinski definition) is 4. The summed E-state index contributed by atoms with van der Waals surface area (Å²) in [4.78, 5) is 29.6. The molecule has 2 aromatic carbocycles. The molecule has 0 saturated heterocycles. The molecule has 34 heavy (non-hydrogen) atoms. The molecular formula is C27H31ClN2O4. The van der Waals surface area contributed by atoms with Crippen molar-refractivity contribution in [2.45, 2.75) is 26.8 Å². The number of furan rings is 1. The quantitative estimate of drug-likeness (QED) is 0.361. The first-order chi connectivity index (χ1) is 16.4. The standard InChI is InChI=1S/C27H31ClN2O4/c1-21(2)17-30(27(32)20-34-24-12-10-23(28)11-13-24)19-26(31)29(18-25-9-6-16-33-25)15-14-22-7-4-3-5-8-22/h3-13,16,21H,14-15,17-20H2,1-2H3. The summed E-state index contributed by atoms with van der Waals surface area (Å²) < 4.78 is 11.1. The summed E-state index contributed by atoms with van der Waals surface area (Å²) in [5.41, 5.74) is 1.14. The van der Waals surface area contributed by atoms with Crippen LogP contribution in [0, 0.1) is 5.92 Å². The van der Waals surface area contributed by atoms with Crippen LogP contribution >= 0.6 is 11.6 Å². The number of halogens is 1. The summed E-state index contributed by atoms with van der Waals surface area (Å²) in [5.74, 6) is 1.09. The van der Waals surface area contributed by atoms with Gasteiger partial charge in [-0.3, -0.25) is 9.59 Å². The van der Waals surface area contributed by atoms with E-state index in [-0.39, 0.29) is 30.9 Å². The first kappa shape index (κ1) is 25.4. The van der Waals surface area contributed by atoms with Gasteiger partial charge in [0.25, 0.3) is 5.91 Å². The summed E-state index contributed by atoms with van der Waals surface area (Å²) in [6, 6.07) is 20.5. The van der Waals surface area contributed by atoms with E-state index in [0.29, 0.717) is 42.6 Å². The molecule has 2 amide bonds. The molecule has 0 atom stereocenters. The highest BCUT2D eigenvalue weighted by molar-refractivity contribution is 6.30. The Bertz CT molecular complexity index is 1020. The van der Waals surface area contributed by atoms with Crippen molar-refractivity contribution in [1.29, 1.82) is 0 Å². The van der Waals surface area contributed by atoms with Crippen LogP contribution in [0.2, 0.25) is 5.02 Å². The second-order valence-corrected chi connectivity index (χ2v) is 8.98. The minimum atomic E-state index is -0.238. The minimum Gasteiger partial charge on any atom is -0.484 e. The Morgan fingerprint density at radius 2 is 1.68 bits per heavy atom. The van der Waals surface area contributed by atoms with Crippen LogP contribution < -0.4 is 4.74 Å². The van der Waals surface area contributed by atoms with Crippen LogP contribution in [0.1, 0.15) is 25.2 Å². The van der Waals surface area contributed by atoms with Gasteiger partial charge in [0.05, 0.1) is 19.4 Å². The Labute approximate surface area is 206 Å². The zero-order valence-corrected chi connectivity index (χ0v) is 20.4. The van der Waals surface area contributed by atoms with Crippen molar-refractivity contribution >= 4 is 23.4 Å². The van der Waals surface area contributed by atoms with E-state index in [1.165, 1.54) is 0 Å². The Balaban J connectivity index is 1.65. The maximum absolute atomic E-state index is 13.3. The highest BCUT2D eigenvalue weighted by atomic mass is 35.5. The van der Waals surface area contributed by atoms with Crippen molar-refractivity contribution in [3.05, 3.63) is 89.3 Å². The lowest BCUT2D eigenvalue weighted by Gasteiger charge is -2.28. The molecular weight excluding hydrogens is 452 g/mol. The van der Waals surface area contributed by atoms with Gasteiger partial charge in [-0.05, 0) is 54.3 Å². The Kier molecular flexibility index (Phi) is 9.59. The fraction of sp³-hybridized carbons (Fsp3) is 0.333. The molecule has 0 unspecified atom stereocenters. The number of ether oxygens (including phenoxy) is 1. The van der Waals surface area contributed by atoms with Gasteiger partial charge in [-0.1, -0.05) is 55.8 Å². The van der Waals surface area contributed by atoms with Gasteiger partial charge in [-0.25, -0.2) is 0 Å². The first-order valence-corrected chi connectivity index (χ1v) is 11.8. The van der Waals surface area contributed by atoms with Gasteiger partial charge in [-0.2, -0.15) is 0 Å². The average Bonchev–Trinajstić information content (AvgIpc) is 3.34. The lowest BCUT2D eigenvalue weighted by atomic mass is 10.1. The molecule has 6 nitrogen and oxygen atoms in total. The van der Waals surface area contributed by atoms with E-state index in [2.05, 4.69) is 0 Å². The smallest absolute Gasteiger partial charge is 0.260 e. The van der Waals surface area contributed by atoms with Crippen LogP contribution in [0.3, 0.4) is 0 Å². The van der Waals surface area contributed by atoms with Crippen molar-refractivity contribution in [3.63, 3.8) is 0 Å². The Morgan fingerprint density at radius 1 is 0.941 bits per heavy atom. The second-order valence-electron chi connectivity index (χ2n) is 8.54. The van der Waals surface area contributed by atoms with E-state index >= 15 is 0 Å². The van der Waals surface area contributed by atoms with Gasteiger partial charge in [0.1, 0.15) is 11.5 Å². The van der Waals surface area contributed by atoms with E-state index in [1.807, 2.05) is 50.2 Å². The molecule has 3 rings (SSSR count). The summed E-state index contributed by atoms with van der Waals surface area (Å²) in [5, 5.41) is 0.595.